The molecule has 2 N–H and O–H groups in total. The summed E-state index contributed by atoms with van der Waals surface area (Å²) in [5.41, 5.74) is 6.61. The van der Waals surface area contributed by atoms with Crippen molar-refractivity contribution in [2.45, 2.75) is 6.61 Å². The van der Waals surface area contributed by atoms with E-state index >= 15 is 0 Å². The lowest BCUT2D eigenvalue weighted by Gasteiger charge is -2.06. The van der Waals surface area contributed by atoms with Gasteiger partial charge in [-0.05, 0) is 62.2 Å². The van der Waals surface area contributed by atoms with Crippen LogP contribution in [0.3, 0.4) is 0 Å². The molecule has 0 aliphatic carbocycles. The average Bonchev–Trinajstić information content (AvgIpc) is 2.75. The molecule has 6 heteroatoms. The van der Waals surface area contributed by atoms with Crippen LogP contribution in [0, 0.1) is 0 Å². The first-order valence-electron chi connectivity index (χ1n) is 5.02. The summed E-state index contributed by atoms with van der Waals surface area (Å²) in [5, 5.41) is 0. The standard InChI is InChI=1S/C12H9Br2NO2S/c13-10-3-1-7(15)5-9(10)12(16)17-6-8-2-4-11(14)18-8/h1-5H,6,15H2. The van der Waals surface area contributed by atoms with E-state index in [1.807, 2.05) is 12.1 Å². The number of nitrogens with two attached hydrogens (primary N) is 1. The molecule has 2 aromatic rings. The van der Waals surface area contributed by atoms with Gasteiger partial charge in [-0.15, -0.1) is 11.3 Å². The molecule has 0 atom stereocenters. The number of benzene rings is 1. The molecular formula is C12H9Br2NO2S. The maximum Gasteiger partial charge on any atom is 0.339 e. The number of esters is 1. The van der Waals surface area contributed by atoms with Crippen molar-refractivity contribution in [3.8, 4) is 0 Å². The molecular weight excluding hydrogens is 382 g/mol. The quantitative estimate of drug-likeness (QED) is 0.630. The highest BCUT2D eigenvalue weighted by molar-refractivity contribution is 9.11. The molecule has 0 unspecified atom stereocenters. The van der Waals surface area contributed by atoms with Gasteiger partial charge in [0.15, 0.2) is 0 Å². The third-order valence-corrected chi connectivity index (χ3v) is 4.47. The Morgan fingerprint density at radius 3 is 2.72 bits per heavy atom. The van der Waals surface area contributed by atoms with Gasteiger partial charge in [0.2, 0.25) is 0 Å². The second-order valence-electron chi connectivity index (χ2n) is 3.52. The lowest BCUT2D eigenvalue weighted by Crippen LogP contribution is -2.06. The van der Waals surface area contributed by atoms with Crippen molar-refractivity contribution in [3.63, 3.8) is 0 Å². The van der Waals surface area contributed by atoms with Crippen molar-refractivity contribution in [3.05, 3.63) is 49.0 Å². The fraction of sp³-hybridized carbons (Fsp3) is 0.0833. The first-order chi connectivity index (χ1) is 8.56. The number of carbonyl (C=O) groups excluding carboxylic acids is 1. The van der Waals surface area contributed by atoms with E-state index in [2.05, 4.69) is 31.9 Å². The zero-order valence-electron chi connectivity index (χ0n) is 9.15. The fourth-order valence-corrected chi connectivity index (χ4v) is 3.15. The predicted octanol–water partition coefficient (Wildman–Crippen LogP) is 4.21. The van der Waals surface area contributed by atoms with Gasteiger partial charge in [0.05, 0.1) is 9.35 Å². The van der Waals surface area contributed by atoms with Gasteiger partial charge in [0.25, 0.3) is 0 Å². The van der Waals surface area contributed by atoms with E-state index in [0.29, 0.717) is 15.7 Å². The van der Waals surface area contributed by atoms with Crippen LogP contribution in [0.2, 0.25) is 0 Å². The Morgan fingerprint density at radius 1 is 1.28 bits per heavy atom. The summed E-state index contributed by atoms with van der Waals surface area (Å²) < 4.78 is 6.92. The molecule has 0 saturated carbocycles. The Kier molecular flexibility index (Phi) is 4.42. The van der Waals surface area contributed by atoms with E-state index in [1.165, 1.54) is 11.3 Å². The van der Waals surface area contributed by atoms with E-state index in [4.69, 9.17) is 10.5 Å². The second kappa shape index (κ2) is 5.86. The minimum atomic E-state index is -0.390. The number of ether oxygens (including phenoxy) is 1. The molecule has 3 nitrogen and oxygen atoms in total. The molecule has 0 aliphatic rings. The summed E-state index contributed by atoms with van der Waals surface area (Å²) in [4.78, 5) is 12.9. The lowest BCUT2D eigenvalue weighted by atomic mass is 10.2. The van der Waals surface area contributed by atoms with Crippen molar-refractivity contribution in [1.29, 1.82) is 0 Å². The number of hydrogen-bond acceptors (Lipinski definition) is 4. The van der Waals surface area contributed by atoms with Gasteiger partial charge in [-0.25, -0.2) is 4.79 Å². The number of halogens is 2. The van der Waals surface area contributed by atoms with Gasteiger partial charge >= 0.3 is 5.97 Å². The normalized spacial score (nSPS) is 10.3. The average molecular weight is 391 g/mol. The zero-order valence-corrected chi connectivity index (χ0v) is 13.1. The number of anilines is 1. The Morgan fingerprint density at radius 2 is 2.06 bits per heavy atom. The van der Waals surface area contributed by atoms with Gasteiger partial charge < -0.3 is 10.5 Å². The monoisotopic (exact) mass is 389 g/mol. The van der Waals surface area contributed by atoms with E-state index in [1.54, 1.807) is 18.2 Å². The van der Waals surface area contributed by atoms with Crippen LogP contribution in [0.5, 0.6) is 0 Å². The number of nitrogen functional groups attached to an aromatic ring is 1. The van der Waals surface area contributed by atoms with Gasteiger partial charge in [-0.3, -0.25) is 0 Å². The molecule has 1 aromatic carbocycles. The minimum absolute atomic E-state index is 0.260. The highest BCUT2D eigenvalue weighted by atomic mass is 79.9. The van der Waals surface area contributed by atoms with Crippen molar-refractivity contribution in [2.75, 3.05) is 5.73 Å². The summed E-state index contributed by atoms with van der Waals surface area (Å²) in [6.45, 7) is 0.260. The third kappa shape index (κ3) is 3.34. The number of carbonyl (C=O) groups is 1. The Bertz CT molecular complexity index is 583. The Balaban J connectivity index is 2.05. The largest absolute Gasteiger partial charge is 0.456 e. The zero-order chi connectivity index (χ0) is 13.1. The van der Waals surface area contributed by atoms with E-state index in [9.17, 15) is 4.79 Å². The van der Waals surface area contributed by atoms with E-state index < -0.39 is 5.97 Å². The van der Waals surface area contributed by atoms with Crippen LogP contribution in [0.4, 0.5) is 5.69 Å². The lowest BCUT2D eigenvalue weighted by molar-refractivity contribution is 0.0476. The summed E-state index contributed by atoms with van der Waals surface area (Å²) in [5.74, 6) is -0.390. The molecule has 18 heavy (non-hydrogen) atoms. The smallest absolute Gasteiger partial charge is 0.339 e. The molecule has 1 heterocycles. The van der Waals surface area contributed by atoms with E-state index in [-0.39, 0.29) is 6.61 Å². The van der Waals surface area contributed by atoms with Gasteiger partial charge in [-0.2, -0.15) is 0 Å². The first kappa shape index (κ1) is 13.6. The van der Waals surface area contributed by atoms with Crippen LogP contribution in [0.25, 0.3) is 0 Å². The summed E-state index contributed by atoms with van der Waals surface area (Å²) in [6, 6.07) is 8.88. The van der Waals surface area contributed by atoms with E-state index in [0.717, 1.165) is 8.66 Å². The molecule has 0 radical (unpaired) electrons. The molecule has 94 valence electrons. The SMILES string of the molecule is Nc1ccc(Br)c(C(=O)OCc2ccc(Br)s2)c1. The van der Waals surface area contributed by atoms with Crippen molar-refractivity contribution >= 4 is 54.9 Å². The van der Waals surface area contributed by atoms with Gasteiger partial charge in [0, 0.05) is 15.0 Å². The number of hydrogen-bond donors (Lipinski definition) is 1. The van der Waals surface area contributed by atoms with Crippen LogP contribution in [-0.4, -0.2) is 5.97 Å². The second-order valence-corrected chi connectivity index (χ2v) is 6.92. The van der Waals surface area contributed by atoms with Crippen LogP contribution < -0.4 is 5.73 Å². The number of thiophene rings is 1. The van der Waals surface area contributed by atoms with Crippen LogP contribution in [0.1, 0.15) is 15.2 Å². The van der Waals surface area contributed by atoms with Crippen LogP contribution >= 0.6 is 43.2 Å². The highest BCUT2D eigenvalue weighted by Gasteiger charge is 2.12. The van der Waals surface area contributed by atoms with Crippen molar-refractivity contribution in [1.82, 2.24) is 0 Å². The third-order valence-electron chi connectivity index (χ3n) is 2.18. The number of rotatable bonds is 3. The summed E-state index contributed by atoms with van der Waals surface area (Å²) in [7, 11) is 0. The molecule has 0 saturated heterocycles. The maximum absolute atomic E-state index is 11.9. The van der Waals surface area contributed by atoms with Gasteiger partial charge in [0.1, 0.15) is 6.61 Å². The fourth-order valence-electron chi connectivity index (χ4n) is 1.34. The summed E-state index contributed by atoms with van der Waals surface area (Å²) >= 11 is 8.19. The molecule has 0 fully saturated rings. The molecule has 0 bridgehead atoms. The van der Waals surface area contributed by atoms with Crippen molar-refractivity contribution < 1.29 is 9.53 Å². The predicted molar refractivity (Wildman–Crippen MR) is 79.7 cm³/mol. The molecule has 0 aliphatic heterocycles. The maximum atomic E-state index is 11.9. The molecule has 0 amide bonds. The van der Waals surface area contributed by atoms with Crippen LogP contribution in [-0.2, 0) is 11.3 Å². The van der Waals surface area contributed by atoms with Gasteiger partial charge in [-0.1, -0.05) is 0 Å². The topological polar surface area (TPSA) is 52.3 Å². The molecule has 1 aromatic heterocycles. The first-order valence-corrected chi connectivity index (χ1v) is 7.43. The Labute approximate surface area is 125 Å². The van der Waals surface area contributed by atoms with Crippen LogP contribution in [0.15, 0.2) is 38.6 Å². The minimum Gasteiger partial charge on any atom is -0.456 e. The Hall–Kier alpha value is -0.850. The molecule has 2 rings (SSSR count). The molecule has 0 spiro atoms. The highest BCUT2D eigenvalue weighted by Crippen LogP contribution is 2.24. The summed E-state index contributed by atoms with van der Waals surface area (Å²) in [6.07, 6.45) is 0. The van der Waals surface area contributed by atoms with Crippen molar-refractivity contribution in [2.24, 2.45) is 0 Å².